The highest BCUT2D eigenvalue weighted by molar-refractivity contribution is 5.36. The second kappa shape index (κ2) is 6.92. The van der Waals surface area contributed by atoms with Gasteiger partial charge in [0, 0.05) is 24.7 Å². The SMILES string of the molecule is CNC(CN(C)CC(C)(C)C)c1ccccc1OC. The number of likely N-dealkylation sites (N-methyl/N-ethyl adjacent to an activating group) is 2. The van der Waals surface area contributed by atoms with Gasteiger partial charge >= 0.3 is 0 Å². The third-order valence-corrected chi connectivity index (χ3v) is 3.10. The molecule has 0 saturated heterocycles. The van der Waals surface area contributed by atoms with Gasteiger partial charge in [-0.15, -0.1) is 0 Å². The molecular weight excluding hydrogens is 236 g/mol. The molecular formula is C16H28N2O. The lowest BCUT2D eigenvalue weighted by Crippen LogP contribution is -2.36. The van der Waals surface area contributed by atoms with Crippen molar-refractivity contribution >= 4 is 0 Å². The average molecular weight is 264 g/mol. The summed E-state index contributed by atoms with van der Waals surface area (Å²) in [5, 5.41) is 3.39. The lowest BCUT2D eigenvalue weighted by molar-refractivity contribution is 0.209. The van der Waals surface area contributed by atoms with Crippen LogP contribution in [0.2, 0.25) is 0 Å². The van der Waals surface area contributed by atoms with E-state index in [4.69, 9.17) is 4.74 Å². The zero-order valence-corrected chi connectivity index (χ0v) is 13.2. The van der Waals surface area contributed by atoms with Gasteiger partial charge in [0.05, 0.1) is 7.11 Å². The number of ether oxygens (including phenoxy) is 1. The number of rotatable bonds is 6. The first kappa shape index (κ1) is 16.0. The quantitative estimate of drug-likeness (QED) is 0.855. The van der Waals surface area contributed by atoms with E-state index in [1.54, 1.807) is 7.11 Å². The lowest BCUT2D eigenvalue weighted by Gasteiger charge is -2.30. The van der Waals surface area contributed by atoms with E-state index in [1.807, 2.05) is 19.2 Å². The van der Waals surface area contributed by atoms with Gasteiger partial charge in [-0.3, -0.25) is 0 Å². The van der Waals surface area contributed by atoms with Crippen LogP contribution >= 0.6 is 0 Å². The molecule has 3 heteroatoms. The zero-order valence-electron chi connectivity index (χ0n) is 13.2. The number of nitrogens with one attached hydrogen (secondary N) is 1. The van der Waals surface area contributed by atoms with Gasteiger partial charge in [0.15, 0.2) is 0 Å². The summed E-state index contributed by atoms with van der Waals surface area (Å²) in [5.74, 6) is 0.950. The first-order valence-electron chi connectivity index (χ1n) is 6.86. The second-order valence-electron chi connectivity index (χ2n) is 6.34. The number of methoxy groups -OCH3 is 1. The summed E-state index contributed by atoms with van der Waals surface area (Å²) < 4.78 is 5.45. The van der Waals surface area contributed by atoms with E-state index in [0.29, 0.717) is 5.41 Å². The highest BCUT2D eigenvalue weighted by Gasteiger charge is 2.19. The molecule has 0 saturated carbocycles. The van der Waals surface area contributed by atoms with Crippen LogP contribution in [0.5, 0.6) is 5.75 Å². The largest absolute Gasteiger partial charge is 0.496 e. The Morgan fingerprint density at radius 1 is 1.26 bits per heavy atom. The van der Waals surface area contributed by atoms with E-state index in [-0.39, 0.29) is 6.04 Å². The Kier molecular flexibility index (Phi) is 5.83. The standard InChI is InChI=1S/C16H28N2O/c1-16(2,3)12-18(5)11-14(17-4)13-9-7-8-10-15(13)19-6/h7-10,14,17H,11-12H2,1-6H3. The number of para-hydroxylation sites is 1. The molecule has 1 aromatic rings. The topological polar surface area (TPSA) is 24.5 Å². The molecule has 0 radical (unpaired) electrons. The third-order valence-electron chi connectivity index (χ3n) is 3.10. The number of hydrogen-bond donors (Lipinski definition) is 1. The van der Waals surface area contributed by atoms with Crippen molar-refractivity contribution in [2.45, 2.75) is 26.8 Å². The average Bonchev–Trinajstić information content (AvgIpc) is 2.33. The molecule has 0 bridgehead atoms. The Bertz CT molecular complexity index is 385. The van der Waals surface area contributed by atoms with Crippen LogP contribution in [0.4, 0.5) is 0 Å². The molecule has 0 aliphatic heterocycles. The minimum atomic E-state index is 0.281. The van der Waals surface area contributed by atoms with Gasteiger partial charge in [-0.05, 0) is 25.6 Å². The number of hydrogen-bond acceptors (Lipinski definition) is 3. The minimum absolute atomic E-state index is 0.281. The van der Waals surface area contributed by atoms with Crippen LogP contribution in [-0.2, 0) is 0 Å². The van der Waals surface area contributed by atoms with Crippen molar-refractivity contribution in [3.63, 3.8) is 0 Å². The Morgan fingerprint density at radius 3 is 2.42 bits per heavy atom. The molecule has 3 nitrogen and oxygen atoms in total. The van der Waals surface area contributed by atoms with Crippen molar-refractivity contribution in [3.8, 4) is 5.75 Å². The zero-order chi connectivity index (χ0) is 14.5. The summed E-state index contributed by atoms with van der Waals surface area (Å²) in [6.45, 7) is 8.83. The molecule has 19 heavy (non-hydrogen) atoms. The van der Waals surface area contributed by atoms with E-state index in [0.717, 1.165) is 18.8 Å². The predicted octanol–water partition coefficient (Wildman–Crippen LogP) is 2.93. The molecule has 1 aromatic carbocycles. The van der Waals surface area contributed by atoms with Gasteiger partial charge in [-0.1, -0.05) is 39.0 Å². The summed E-state index contributed by atoms with van der Waals surface area (Å²) in [7, 11) is 5.90. The van der Waals surface area contributed by atoms with Crippen LogP contribution in [0, 0.1) is 5.41 Å². The molecule has 1 unspecified atom stereocenters. The summed E-state index contributed by atoms with van der Waals surface area (Å²) in [5.41, 5.74) is 1.53. The minimum Gasteiger partial charge on any atom is -0.496 e. The summed E-state index contributed by atoms with van der Waals surface area (Å²) in [4.78, 5) is 2.37. The monoisotopic (exact) mass is 264 g/mol. The van der Waals surface area contributed by atoms with Crippen LogP contribution in [0.3, 0.4) is 0 Å². The molecule has 0 heterocycles. The van der Waals surface area contributed by atoms with Crippen LogP contribution in [0.25, 0.3) is 0 Å². The van der Waals surface area contributed by atoms with E-state index in [2.05, 4.69) is 50.2 Å². The fraction of sp³-hybridized carbons (Fsp3) is 0.625. The third kappa shape index (κ3) is 5.21. The molecule has 0 fully saturated rings. The van der Waals surface area contributed by atoms with E-state index >= 15 is 0 Å². The fourth-order valence-electron chi connectivity index (χ4n) is 2.49. The van der Waals surface area contributed by atoms with Crippen molar-refractivity contribution in [1.82, 2.24) is 10.2 Å². The lowest BCUT2D eigenvalue weighted by atomic mass is 9.95. The van der Waals surface area contributed by atoms with Gasteiger partial charge in [-0.2, -0.15) is 0 Å². The number of nitrogens with zero attached hydrogens (tertiary/aromatic N) is 1. The van der Waals surface area contributed by atoms with Gasteiger partial charge in [0.1, 0.15) is 5.75 Å². The Hall–Kier alpha value is -1.06. The van der Waals surface area contributed by atoms with E-state index in [9.17, 15) is 0 Å². The van der Waals surface area contributed by atoms with Gasteiger partial charge in [0.25, 0.3) is 0 Å². The number of benzene rings is 1. The summed E-state index contributed by atoms with van der Waals surface area (Å²) in [6.07, 6.45) is 0. The van der Waals surface area contributed by atoms with Crippen molar-refractivity contribution in [2.75, 3.05) is 34.3 Å². The first-order valence-corrected chi connectivity index (χ1v) is 6.86. The Balaban J connectivity index is 2.78. The van der Waals surface area contributed by atoms with Crippen LogP contribution in [0.15, 0.2) is 24.3 Å². The van der Waals surface area contributed by atoms with Crippen LogP contribution < -0.4 is 10.1 Å². The van der Waals surface area contributed by atoms with E-state index < -0.39 is 0 Å². The Morgan fingerprint density at radius 2 is 1.89 bits per heavy atom. The molecule has 0 aromatic heterocycles. The molecule has 108 valence electrons. The molecule has 1 rings (SSSR count). The maximum absolute atomic E-state index is 5.45. The maximum Gasteiger partial charge on any atom is 0.123 e. The van der Waals surface area contributed by atoms with Gasteiger partial charge in [0.2, 0.25) is 0 Å². The van der Waals surface area contributed by atoms with Crippen molar-refractivity contribution in [3.05, 3.63) is 29.8 Å². The highest BCUT2D eigenvalue weighted by atomic mass is 16.5. The van der Waals surface area contributed by atoms with Crippen molar-refractivity contribution < 1.29 is 4.74 Å². The summed E-state index contributed by atoms with van der Waals surface area (Å²) >= 11 is 0. The molecule has 1 atom stereocenters. The van der Waals surface area contributed by atoms with Crippen LogP contribution in [0.1, 0.15) is 32.4 Å². The Labute approximate surface area is 118 Å². The maximum atomic E-state index is 5.45. The smallest absolute Gasteiger partial charge is 0.123 e. The predicted molar refractivity (Wildman–Crippen MR) is 81.7 cm³/mol. The van der Waals surface area contributed by atoms with Gasteiger partial charge in [-0.25, -0.2) is 0 Å². The molecule has 1 N–H and O–H groups in total. The molecule has 0 spiro atoms. The first-order chi connectivity index (χ1) is 8.87. The normalized spacial score (nSPS) is 13.6. The summed E-state index contributed by atoms with van der Waals surface area (Å²) in [6, 6.07) is 8.50. The second-order valence-corrected chi connectivity index (χ2v) is 6.34. The van der Waals surface area contributed by atoms with Gasteiger partial charge < -0.3 is 15.0 Å². The van der Waals surface area contributed by atoms with E-state index in [1.165, 1.54) is 5.56 Å². The molecule has 0 aliphatic carbocycles. The van der Waals surface area contributed by atoms with Crippen LogP contribution in [-0.4, -0.2) is 39.2 Å². The van der Waals surface area contributed by atoms with Crippen molar-refractivity contribution in [2.24, 2.45) is 5.41 Å². The fourth-order valence-corrected chi connectivity index (χ4v) is 2.49. The molecule has 0 aliphatic rings. The molecule has 0 amide bonds. The highest BCUT2D eigenvalue weighted by Crippen LogP contribution is 2.25. The van der Waals surface area contributed by atoms with Crippen molar-refractivity contribution in [1.29, 1.82) is 0 Å².